The van der Waals surface area contributed by atoms with Crippen molar-refractivity contribution in [3.05, 3.63) is 105 Å². The molecular weight excluding hydrogens is 1000 g/mol. The van der Waals surface area contributed by atoms with Crippen LogP contribution in [-0.4, -0.2) is 156 Å². The number of nitrogens with two attached hydrogens (primary N) is 2. The Bertz CT molecular complexity index is 2700. The van der Waals surface area contributed by atoms with Gasteiger partial charge in [0.1, 0.15) is 42.3 Å². The van der Waals surface area contributed by atoms with E-state index in [1.807, 2.05) is 18.2 Å². The Labute approximate surface area is 433 Å². The Kier molecular flexibility index (Phi) is 22.2. The van der Waals surface area contributed by atoms with E-state index < -0.39 is 126 Å². The number of aliphatic hydroxyl groups is 3. The maximum Gasteiger partial charge on any atom is 0.328 e. The molecule has 402 valence electrons. The number of carbonyl (C=O) groups is 7. The molecule has 74 heavy (non-hydrogen) atoms. The Balaban J connectivity index is 1.58. The summed E-state index contributed by atoms with van der Waals surface area (Å²) in [6.07, 6.45) is 0.621. The van der Waals surface area contributed by atoms with Gasteiger partial charge in [0.25, 0.3) is 5.56 Å². The first kappa shape index (κ1) is 58.3. The van der Waals surface area contributed by atoms with Crippen LogP contribution in [-0.2, 0) is 52.9 Å². The van der Waals surface area contributed by atoms with Gasteiger partial charge >= 0.3 is 5.69 Å². The van der Waals surface area contributed by atoms with Gasteiger partial charge in [-0.3, -0.25) is 47.9 Å². The number of rotatable bonds is 17. The zero-order valence-electron chi connectivity index (χ0n) is 41.1. The van der Waals surface area contributed by atoms with Crippen LogP contribution in [0.1, 0.15) is 49.8 Å². The van der Waals surface area contributed by atoms with Crippen LogP contribution < -0.4 is 59.9 Å². The summed E-state index contributed by atoms with van der Waals surface area (Å²) in [7, 11) is 1.90. The van der Waals surface area contributed by atoms with Gasteiger partial charge in [-0.15, -0.1) is 0 Å². The van der Waals surface area contributed by atoms with E-state index >= 15 is 0 Å². The molecule has 24 nitrogen and oxygen atoms in total. The van der Waals surface area contributed by atoms with Crippen LogP contribution in [0.2, 0.25) is 0 Å². The number of amides is 7. The Morgan fingerprint density at radius 3 is 2.11 bits per heavy atom. The summed E-state index contributed by atoms with van der Waals surface area (Å²) in [4.78, 5) is 130. The van der Waals surface area contributed by atoms with Gasteiger partial charge in [-0.2, -0.15) is 0 Å². The van der Waals surface area contributed by atoms with E-state index in [0.29, 0.717) is 24.0 Å². The number of H-pyrrole nitrogens is 2. The molecule has 4 aromatic rings. The second kappa shape index (κ2) is 28.2. The SMILES string of the molecule is Cc1cn(C[C@H](N)C(=O)N[C@H]2CSSC[C@@H](C(=O)N[C@H](CO)C(C)O)NC(=O)[C@H](C(C)O)NC(=O)[C@H](CCCCN)NC(=O)[C@@H](Cc3c[nH]c4ccccc34)NC(=O)[C@H](Cc3ccccc3)NC2=O)c(=O)[nH]c1=O. The second-order valence-electron chi connectivity index (χ2n) is 18.0. The smallest absolute Gasteiger partial charge is 0.328 e. The van der Waals surface area contributed by atoms with Gasteiger partial charge in [-0.25, -0.2) is 4.79 Å². The van der Waals surface area contributed by atoms with E-state index in [1.165, 1.54) is 27.0 Å². The fraction of sp³-hybridized carbons (Fsp3) is 0.479. The first-order chi connectivity index (χ1) is 35.3. The number of para-hydroxylation sites is 1. The molecule has 0 bridgehead atoms. The summed E-state index contributed by atoms with van der Waals surface area (Å²) in [6, 6.07) is 4.42. The van der Waals surface area contributed by atoms with Gasteiger partial charge in [0.15, 0.2) is 0 Å². The van der Waals surface area contributed by atoms with Crippen LogP contribution in [0.25, 0.3) is 10.9 Å². The molecule has 0 saturated carbocycles. The zero-order valence-corrected chi connectivity index (χ0v) is 42.8. The number of aliphatic hydroxyl groups excluding tert-OH is 3. The minimum absolute atomic E-state index is 0.00214. The highest BCUT2D eigenvalue weighted by atomic mass is 33.1. The number of hydrogen-bond donors (Lipinski definition) is 14. The fourth-order valence-electron chi connectivity index (χ4n) is 7.82. The Morgan fingerprint density at radius 1 is 0.797 bits per heavy atom. The number of unbranched alkanes of at least 4 members (excludes halogenated alkanes) is 1. The number of hydrogen-bond acceptors (Lipinski definition) is 16. The van der Waals surface area contributed by atoms with Crippen LogP contribution in [0.3, 0.4) is 0 Å². The van der Waals surface area contributed by atoms with Crippen molar-refractivity contribution in [3.8, 4) is 0 Å². The van der Waals surface area contributed by atoms with Crippen LogP contribution >= 0.6 is 21.6 Å². The van der Waals surface area contributed by atoms with Crippen molar-refractivity contribution in [1.29, 1.82) is 0 Å². The lowest BCUT2D eigenvalue weighted by molar-refractivity contribution is -0.136. The number of carbonyl (C=O) groups excluding carboxylic acids is 7. The molecule has 1 fully saturated rings. The number of nitrogens with zero attached hydrogens (tertiary/aromatic N) is 1. The van der Waals surface area contributed by atoms with Gasteiger partial charge in [0, 0.05) is 53.2 Å². The molecule has 7 amide bonds. The third-order valence-electron chi connectivity index (χ3n) is 12.1. The van der Waals surface area contributed by atoms with Crippen molar-refractivity contribution in [1.82, 2.24) is 51.8 Å². The Morgan fingerprint density at radius 2 is 1.43 bits per heavy atom. The van der Waals surface area contributed by atoms with E-state index in [2.05, 4.69) is 47.2 Å². The molecule has 1 saturated heterocycles. The van der Waals surface area contributed by atoms with E-state index in [-0.39, 0.29) is 42.9 Å². The van der Waals surface area contributed by atoms with Crippen molar-refractivity contribution in [2.24, 2.45) is 11.5 Å². The van der Waals surface area contributed by atoms with Crippen LogP contribution in [0, 0.1) is 6.92 Å². The van der Waals surface area contributed by atoms with E-state index in [4.69, 9.17) is 11.5 Å². The highest BCUT2D eigenvalue weighted by Crippen LogP contribution is 2.24. The van der Waals surface area contributed by atoms with E-state index in [9.17, 15) is 58.5 Å². The fourth-order valence-corrected chi connectivity index (χ4v) is 10.1. The minimum atomic E-state index is -1.70. The lowest BCUT2D eigenvalue weighted by Crippen LogP contribution is -2.62. The average molecular weight is 1070 g/mol. The summed E-state index contributed by atoms with van der Waals surface area (Å²) in [6.45, 7) is 3.14. The molecule has 3 heterocycles. The number of nitrogens with one attached hydrogen (secondary N) is 9. The first-order valence-corrected chi connectivity index (χ1v) is 26.5. The maximum absolute atomic E-state index is 14.7. The highest BCUT2D eigenvalue weighted by Gasteiger charge is 2.36. The summed E-state index contributed by atoms with van der Waals surface area (Å²) in [5.74, 6) is -6.79. The van der Waals surface area contributed by atoms with Crippen LogP contribution in [0.5, 0.6) is 0 Å². The summed E-state index contributed by atoms with van der Waals surface area (Å²) in [5, 5.41) is 50.1. The predicted octanol–water partition coefficient (Wildman–Crippen LogP) is -3.19. The van der Waals surface area contributed by atoms with Crippen molar-refractivity contribution in [2.75, 3.05) is 24.7 Å². The molecule has 2 aromatic heterocycles. The van der Waals surface area contributed by atoms with Crippen molar-refractivity contribution < 1.29 is 48.9 Å². The lowest BCUT2D eigenvalue weighted by atomic mass is 10.0. The van der Waals surface area contributed by atoms with Crippen molar-refractivity contribution in [3.63, 3.8) is 0 Å². The molecule has 2 aromatic carbocycles. The molecule has 0 spiro atoms. The van der Waals surface area contributed by atoms with Gasteiger partial charge < -0.3 is 69.0 Å². The third kappa shape index (κ3) is 16.7. The van der Waals surface area contributed by atoms with Crippen LogP contribution in [0.4, 0.5) is 0 Å². The van der Waals surface area contributed by atoms with E-state index in [1.54, 1.807) is 42.6 Å². The monoisotopic (exact) mass is 1070 g/mol. The Hall–Kier alpha value is -6.55. The molecule has 16 N–H and O–H groups in total. The molecule has 1 aliphatic rings. The minimum Gasteiger partial charge on any atom is -0.394 e. The zero-order chi connectivity index (χ0) is 54.1. The second-order valence-corrected chi connectivity index (χ2v) is 20.6. The maximum atomic E-state index is 14.7. The number of aromatic amines is 2. The highest BCUT2D eigenvalue weighted by molar-refractivity contribution is 8.76. The topological polar surface area (TPSA) is 387 Å². The molecule has 5 rings (SSSR count). The van der Waals surface area contributed by atoms with Crippen molar-refractivity contribution >= 4 is 73.8 Å². The molecule has 1 aliphatic heterocycles. The van der Waals surface area contributed by atoms with Gasteiger partial charge in [-0.05, 0) is 63.8 Å². The molecule has 10 atom stereocenters. The predicted molar refractivity (Wildman–Crippen MR) is 278 cm³/mol. The van der Waals surface area contributed by atoms with Gasteiger partial charge in [-0.1, -0.05) is 70.1 Å². The number of aryl methyl sites for hydroxylation is 1. The number of aromatic nitrogens is 3. The van der Waals surface area contributed by atoms with Crippen molar-refractivity contribution in [2.45, 2.75) is 120 Å². The first-order valence-electron chi connectivity index (χ1n) is 24.0. The average Bonchev–Trinajstić information content (AvgIpc) is 3.78. The van der Waals surface area contributed by atoms with Crippen LogP contribution in [0.15, 0.2) is 76.6 Å². The molecule has 0 aliphatic carbocycles. The van der Waals surface area contributed by atoms with Gasteiger partial charge in [0.2, 0.25) is 41.4 Å². The molecular formula is C48H66N12O12S2. The summed E-state index contributed by atoms with van der Waals surface area (Å²) < 4.78 is 1.02. The largest absolute Gasteiger partial charge is 0.394 e. The number of benzene rings is 2. The van der Waals surface area contributed by atoms with Gasteiger partial charge in [0.05, 0.1) is 31.4 Å². The number of fused-ring (bicyclic) bond motifs is 1. The third-order valence-corrected chi connectivity index (χ3v) is 14.6. The standard InChI is InChI=1S/C48H66N12O12S2/c1-25-20-60(48(72)59-40(25)64)21-31(50)41(65)56-37-23-73-74-24-38(46(70)55-36(22-61)26(2)62)57-47(71)39(27(3)63)58-42(66)33(15-9-10-16-49)52-44(68)35(18-29-19-51-32-14-8-7-13-30(29)32)54-43(67)34(53-45(37)69)17-28-11-5-4-6-12-28/h4-8,11-14,19-20,26-27,31,33-39,51,61-63H,9-10,15-18,21-24,49-50H2,1-3H3,(H,52,68)(H,53,69)(H,54,67)(H,55,70)(H,56,65)(H,57,71)(H,58,66)(H,59,64,72)/t26?,27?,31-,33-,34-,35+,36+,37-,38-,39-/m0/s1. The lowest BCUT2D eigenvalue weighted by Gasteiger charge is -2.29. The molecule has 26 heteroatoms. The summed E-state index contributed by atoms with van der Waals surface area (Å²) >= 11 is 0. The van der Waals surface area contributed by atoms with E-state index in [0.717, 1.165) is 37.1 Å². The normalized spacial score (nSPS) is 22.4. The molecule has 2 unspecified atom stereocenters. The quantitative estimate of drug-likeness (QED) is 0.0366. The molecule has 0 radical (unpaired) electrons. The summed E-state index contributed by atoms with van der Waals surface area (Å²) in [5.41, 5.74) is 12.7.